The molecule has 3 aromatic heterocycles. The highest BCUT2D eigenvalue weighted by Crippen LogP contribution is 2.36. The lowest BCUT2D eigenvalue weighted by Gasteiger charge is -2.10. The van der Waals surface area contributed by atoms with Gasteiger partial charge < -0.3 is 4.98 Å². The summed E-state index contributed by atoms with van der Waals surface area (Å²) in [5.41, 5.74) is 6.51. The minimum absolute atomic E-state index is 0.105. The Morgan fingerprint density at radius 2 is 1.79 bits per heavy atom. The molecule has 0 aliphatic carbocycles. The number of hydrogen-bond donors (Lipinski definition) is 1. The summed E-state index contributed by atoms with van der Waals surface area (Å²) >= 11 is 3.06. The van der Waals surface area contributed by atoms with Gasteiger partial charge in [0.05, 0.1) is 16.8 Å². The van der Waals surface area contributed by atoms with E-state index >= 15 is 0 Å². The molecule has 0 bridgehead atoms. The van der Waals surface area contributed by atoms with Crippen LogP contribution < -0.4 is 5.56 Å². The first-order valence-corrected chi connectivity index (χ1v) is 12.4. The van der Waals surface area contributed by atoms with Gasteiger partial charge in [-0.15, -0.1) is 21.5 Å². The normalized spacial score (nSPS) is 11.4. The Morgan fingerprint density at radius 1 is 1.03 bits per heavy atom. The second-order valence-corrected chi connectivity index (χ2v) is 10.3. The van der Waals surface area contributed by atoms with Crippen LogP contribution in [0.15, 0.2) is 58.7 Å². The Balaban J connectivity index is 1.45. The molecule has 0 saturated carbocycles. The standard InChI is InChI=1S/C25H23N5OS2/c1-14-5-8-18(9-6-14)21-17(4)33-24-22(21)23(31)27-20(28-24)12-32-25-29-26-13-30(25)19-10-7-15(2)11-16(19)3/h5-11,13H,12H2,1-4H3,(H,27,28,31). The van der Waals surface area contributed by atoms with Crippen molar-refractivity contribution in [1.82, 2.24) is 24.7 Å². The van der Waals surface area contributed by atoms with Gasteiger partial charge in [0, 0.05) is 10.4 Å². The Kier molecular flexibility index (Phi) is 5.64. The second-order valence-electron chi connectivity index (χ2n) is 8.15. The maximum atomic E-state index is 13.1. The number of aromatic nitrogens is 5. The average molecular weight is 474 g/mol. The summed E-state index contributed by atoms with van der Waals surface area (Å²) in [5, 5.41) is 9.80. The van der Waals surface area contributed by atoms with Crippen LogP contribution in [-0.4, -0.2) is 24.7 Å². The number of thiophene rings is 1. The van der Waals surface area contributed by atoms with Gasteiger partial charge >= 0.3 is 0 Å². The molecule has 0 saturated heterocycles. The molecule has 0 unspecified atom stereocenters. The van der Waals surface area contributed by atoms with E-state index in [0.29, 0.717) is 17.0 Å². The van der Waals surface area contributed by atoms with Gasteiger partial charge in [0.2, 0.25) is 0 Å². The first-order chi connectivity index (χ1) is 15.9. The molecule has 0 fully saturated rings. The van der Waals surface area contributed by atoms with Crippen molar-refractivity contribution < 1.29 is 0 Å². The lowest BCUT2D eigenvalue weighted by atomic mass is 10.0. The number of aromatic amines is 1. The molecule has 0 spiro atoms. The van der Waals surface area contributed by atoms with E-state index in [4.69, 9.17) is 4.98 Å². The van der Waals surface area contributed by atoms with E-state index in [2.05, 4.69) is 78.4 Å². The van der Waals surface area contributed by atoms with E-state index in [1.807, 2.05) is 11.5 Å². The smallest absolute Gasteiger partial charge is 0.260 e. The summed E-state index contributed by atoms with van der Waals surface area (Å²) in [6.45, 7) is 8.26. The Morgan fingerprint density at radius 3 is 2.55 bits per heavy atom. The zero-order valence-corrected chi connectivity index (χ0v) is 20.5. The average Bonchev–Trinajstić information content (AvgIpc) is 3.37. The number of aryl methyl sites for hydroxylation is 4. The van der Waals surface area contributed by atoms with Crippen LogP contribution in [-0.2, 0) is 5.75 Å². The van der Waals surface area contributed by atoms with E-state index in [9.17, 15) is 4.79 Å². The molecule has 8 heteroatoms. The maximum absolute atomic E-state index is 13.1. The summed E-state index contributed by atoms with van der Waals surface area (Å²) in [4.78, 5) is 22.7. The Bertz CT molecular complexity index is 1530. The molecule has 166 valence electrons. The first-order valence-electron chi connectivity index (χ1n) is 10.6. The molecule has 0 atom stereocenters. The van der Waals surface area contributed by atoms with E-state index in [0.717, 1.165) is 37.2 Å². The number of nitrogens with zero attached hydrogens (tertiary/aromatic N) is 4. The van der Waals surface area contributed by atoms with Gasteiger partial charge in [-0.2, -0.15) is 0 Å². The van der Waals surface area contributed by atoms with Gasteiger partial charge in [0.1, 0.15) is 17.0 Å². The fourth-order valence-corrected chi connectivity index (χ4v) is 5.85. The highest BCUT2D eigenvalue weighted by atomic mass is 32.2. The molecule has 1 N–H and O–H groups in total. The molecule has 5 rings (SSSR count). The number of nitrogens with one attached hydrogen (secondary N) is 1. The van der Waals surface area contributed by atoms with Gasteiger partial charge in [-0.3, -0.25) is 9.36 Å². The molecule has 5 aromatic rings. The largest absolute Gasteiger partial charge is 0.309 e. The van der Waals surface area contributed by atoms with E-state index < -0.39 is 0 Å². The molecule has 3 heterocycles. The van der Waals surface area contributed by atoms with Crippen LogP contribution in [0.2, 0.25) is 0 Å². The summed E-state index contributed by atoms with van der Waals surface area (Å²) in [5.74, 6) is 1.12. The van der Waals surface area contributed by atoms with Gasteiger partial charge in [0.25, 0.3) is 5.56 Å². The van der Waals surface area contributed by atoms with Crippen LogP contribution in [0.4, 0.5) is 0 Å². The third-order valence-corrected chi connectivity index (χ3v) is 7.55. The number of benzene rings is 2. The number of hydrogen-bond acceptors (Lipinski definition) is 6. The number of fused-ring (bicyclic) bond motifs is 1. The zero-order valence-electron chi connectivity index (χ0n) is 18.8. The minimum atomic E-state index is -0.105. The molecule has 0 aliphatic heterocycles. The molecule has 2 aromatic carbocycles. The SMILES string of the molecule is Cc1ccc(-c2c(C)sc3nc(CSc4nncn4-c4ccc(C)cc4C)[nH]c(=O)c23)cc1. The van der Waals surface area contributed by atoms with E-state index in [1.165, 1.54) is 22.9 Å². The van der Waals surface area contributed by atoms with Crippen molar-refractivity contribution in [3.8, 4) is 16.8 Å². The molecular weight excluding hydrogens is 450 g/mol. The van der Waals surface area contributed by atoms with Gasteiger partial charge in [-0.25, -0.2) is 4.98 Å². The lowest BCUT2D eigenvalue weighted by Crippen LogP contribution is -2.11. The van der Waals surface area contributed by atoms with Crippen LogP contribution in [0, 0.1) is 27.7 Å². The first kappa shape index (κ1) is 21.6. The topological polar surface area (TPSA) is 76.5 Å². The van der Waals surface area contributed by atoms with Gasteiger partial charge in [-0.1, -0.05) is 59.3 Å². The number of thioether (sulfide) groups is 1. The summed E-state index contributed by atoms with van der Waals surface area (Å²) in [7, 11) is 0. The molecule has 0 amide bonds. The van der Waals surface area contributed by atoms with Crippen molar-refractivity contribution in [2.75, 3.05) is 0 Å². The predicted octanol–water partition coefficient (Wildman–Crippen LogP) is 5.76. The molecule has 33 heavy (non-hydrogen) atoms. The van der Waals surface area contributed by atoms with E-state index in [-0.39, 0.29) is 5.56 Å². The molecule has 6 nitrogen and oxygen atoms in total. The van der Waals surface area contributed by atoms with Gasteiger partial charge in [0.15, 0.2) is 5.16 Å². The van der Waals surface area contributed by atoms with Crippen molar-refractivity contribution in [3.63, 3.8) is 0 Å². The third kappa shape index (κ3) is 4.12. The Labute approximate surface area is 199 Å². The van der Waals surface area contributed by atoms with Crippen LogP contribution >= 0.6 is 23.1 Å². The fourth-order valence-electron chi connectivity index (χ4n) is 4.00. The van der Waals surface area contributed by atoms with Gasteiger partial charge in [-0.05, 0) is 44.9 Å². The highest BCUT2D eigenvalue weighted by molar-refractivity contribution is 7.98. The number of rotatable bonds is 5. The minimum Gasteiger partial charge on any atom is -0.309 e. The lowest BCUT2D eigenvalue weighted by molar-refractivity contribution is 0.875. The van der Waals surface area contributed by atoms with Crippen LogP contribution in [0.3, 0.4) is 0 Å². The van der Waals surface area contributed by atoms with Crippen molar-refractivity contribution in [3.05, 3.63) is 86.5 Å². The maximum Gasteiger partial charge on any atom is 0.260 e. The Hall–Kier alpha value is -3.23. The van der Waals surface area contributed by atoms with E-state index in [1.54, 1.807) is 17.7 Å². The van der Waals surface area contributed by atoms with Crippen molar-refractivity contribution in [1.29, 1.82) is 0 Å². The number of H-pyrrole nitrogens is 1. The van der Waals surface area contributed by atoms with Crippen molar-refractivity contribution in [2.24, 2.45) is 0 Å². The molecule has 0 radical (unpaired) electrons. The van der Waals surface area contributed by atoms with Crippen LogP contribution in [0.25, 0.3) is 27.0 Å². The monoisotopic (exact) mass is 473 g/mol. The predicted molar refractivity (Wildman–Crippen MR) is 136 cm³/mol. The molecule has 0 aliphatic rings. The van der Waals surface area contributed by atoms with Crippen LogP contribution in [0.1, 0.15) is 27.4 Å². The summed E-state index contributed by atoms with van der Waals surface area (Å²) < 4.78 is 1.97. The fraction of sp³-hybridized carbons (Fsp3) is 0.200. The highest BCUT2D eigenvalue weighted by Gasteiger charge is 2.17. The second kappa shape index (κ2) is 8.61. The quantitative estimate of drug-likeness (QED) is 0.329. The van der Waals surface area contributed by atoms with Crippen molar-refractivity contribution >= 4 is 33.3 Å². The zero-order chi connectivity index (χ0) is 23.1. The summed E-state index contributed by atoms with van der Waals surface area (Å²) in [6.07, 6.45) is 1.72. The van der Waals surface area contributed by atoms with Crippen molar-refractivity contribution in [2.45, 2.75) is 38.6 Å². The molecular formula is C25H23N5OS2. The third-order valence-electron chi connectivity index (χ3n) is 5.59. The summed E-state index contributed by atoms with van der Waals surface area (Å²) in [6, 6.07) is 14.6. The van der Waals surface area contributed by atoms with Crippen LogP contribution in [0.5, 0.6) is 0 Å².